The molecule has 0 aliphatic rings. The number of hydrogen-bond acceptors (Lipinski definition) is 3. The Morgan fingerprint density at radius 1 is 0.774 bits per heavy atom. The van der Waals surface area contributed by atoms with E-state index < -0.39 is 12.0 Å². The molecule has 0 heterocycles. The number of carboxylic acid groups (broad SMARTS) is 1. The average Bonchev–Trinajstić information content (AvgIpc) is 2.75. The van der Waals surface area contributed by atoms with Gasteiger partial charge in [0.15, 0.2) is 0 Å². The number of aliphatic carboxylic acids is 1. The number of carboxylic acids is 1. The first-order valence-corrected chi connectivity index (χ1v) is 13.0. The molecule has 31 heavy (non-hydrogen) atoms. The third-order valence-electron chi connectivity index (χ3n) is 5.75. The van der Waals surface area contributed by atoms with E-state index in [1.807, 2.05) is 0 Å². The van der Waals surface area contributed by atoms with E-state index in [0.717, 1.165) is 25.7 Å². The Kier molecular flexibility index (Phi) is 22.3. The maximum absolute atomic E-state index is 11.8. The van der Waals surface area contributed by atoms with E-state index in [2.05, 4.69) is 24.4 Å². The molecular formula is C26H50N2O3. The van der Waals surface area contributed by atoms with Gasteiger partial charge in [-0.3, -0.25) is 9.59 Å². The summed E-state index contributed by atoms with van der Waals surface area (Å²) in [6.45, 7) is 2.88. The summed E-state index contributed by atoms with van der Waals surface area (Å²) < 4.78 is 0. The predicted octanol–water partition coefficient (Wildman–Crippen LogP) is 6.50. The van der Waals surface area contributed by atoms with Crippen LogP contribution in [0.3, 0.4) is 0 Å². The van der Waals surface area contributed by atoms with Crippen molar-refractivity contribution in [1.82, 2.24) is 5.32 Å². The van der Waals surface area contributed by atoms with Crippen LogP contribution in [0.15, 0.2) is 12.2 Å². The molecule has 0 unspecified atom stereocenters. The number of hydrogen-bond donors (Lipinski definition) is 3. The van der Waals surface area contributed by atoms with Crippen molar-refractivity contribution < 1.29 is 14.7 Å². The molecule has 0 aliphatic heterocycles. The molecule has 0 bridgehead atoms. The van der Waals surface area contributed by atoms with Crippen LogP contribution < -0.4 is 11.1 Å². The lowest BCUT2D eigenvalue weighted by Gasteiger charge is -2.07. The number of amides is 1. The van der Waals surface area contributed by atoms with Crippen LogP contribution in [0.5, 0.6) is 0 Å². The van der Waals surface area contributed by atoms with Gasteiger partial charge >= 0.3 is 5.97 Å². The molecular weight excluding hydrogens is 388 g/mol. The highest BCUT2D eigenvalue weighted by atomic mass is 16.4. The van der Waals surface area contributed by atoms with Gasteiger partial charge in [-0.05, 0) is 51.4 Å². The number of allylic oxidation sites excluding steroid dienone is 2. The summed E-state index contributed by atoms with van der Waals surface area (Å²) in [5.41, 5.74) is 5.45. The monoisotopic (exact) mass is 438 g/mol. The van der Waals surface area contributed by atoms with Gasteiger partial charge in [-0.25, -0.2) is 0 Å². The first-order valence-electron chi connectivity index (χ1n) is 13.0. The van der Waals surface area contributed by atoms with Crippen LogP contribution in [0.1, 0.15) is 129 Å². The van der Waals surface area contributed by atoms with Crippen molar-refractivity contribution in [3.63, 3.8) is 0 Å². The van der Waals surface area contributed by atoms with Gasteiger partial charge in [0.25, 0.3) is 0 Å². The topological polar surface area (TPSA) is 92.4 Å². The molecule has 0 aromatic rings. The lowest BCUT2D eigenvalue weighted by molar-refractivity contribution is -0.138. The van der Waals surface area contributed by atoms with Crippen molar-refractivity contribution in [2.75, 3.05) is 6.54 Å². The minimum atomic E-state index is -0.959. The highest BCUT2D eigenvalue weighted by Gasteiger charge is 2.10. The molecule has 0 saturated carbocycles. The quantitative estimate of drug-likeness (QED) is 0.125. The van der Waals surface area contributed by atoms with Crippen LogP contribution in [0.4, 0.5) is 0 Å². The second-order valence-corrected chi connectivity index (χ2v) is 8.83. The number of carbonyl (C=O) groups is 2. The van der Waals surface area contributed by atoms with Gasteiger partial charge < -0.3 is 16.2 Å². The molecule has 5 nitrogen and oxygen atoms in total. The fourth-order valence-corrected chi connectivity index (χ4v) is 3.64. The molecule has 1 atom stereocenters. The number of unbranched alkanes of at least 4 members (excludes halogenated alkanes) is 14. The molecule has 182 valence electrons. The van der Waals surface area contributed by atoms with E-state index in [9.17, 15) is 9.59 Å². The lowest BCUT2D eigenvalue weighted by atomic mass is 10.1. The maximum atomic E-state index is 11.8. The predicted molar refractivity (Wildman–Crippen MR) is 131 cm³/mol. The third kappa shape index (κ3) is 23.1. The van der Waals surface area contributed by atoms with E-state index in [1.54, 1.807) is 0 Å². The Morgan fingerprint density at radius 2 is 1.29 bits per heavy atom. The number of rotatable bonds is 23. The Bertz CT molecular complexity index is 452. The lowest BCUT2D eigenvalue weighted by Crippen LogP contribution is -2.30. The van der Waals surface area contributed by atoms with Crippen LogP contribution in [0.2, 0.25) is 0 Å². The second kappa shape index (κ2) is 23.3. The zero-order valence-electron chi connectivity index (χ0n) is 20.2. The summed E-state index contributed by atoms with van der Waals surface area (Å²) in [6.07, 6.45) is 26.5. The first kappa shape index (κ1) is 29.6. The van der Waals surface area contributed by atoms with Crippen molar-refractivity contribution in [2.45, 2.75) is 135 Å². The van der Waals surface area contributed by atoms with Crippen molar-refractivity contribution in [2.24, 2.45) is 5.73 Å². The van der Waals surface area contributed by atoms with Gasteiger partial charge in [0.1, 0.15) is 6.04 Å². The van der Waals surface area contributed by atoms with Crippen LogP contribution in [-0.4, -0.2) is 29.6 Å². The minimum absolute atomic E-state index is 0.105. The molecule has 0 aliphatic carbocycles. The molecule has 0 rings (SSSR count). The summed E-state index contributed by atoms with van der Waals surface area (Å²) in [5, 5.41) is 11.6. The first-order chi connectivity index (χ1) is 15.1. The highest BCUT2D eigenvalue weighted by Crippen LogP contribution is 2.11. The molecule has 0 fully saturated rings. The molecule has 0 radical (unpaired) electrons. The Hall–Kier alpha value is -1.36. The van der Waals surface area contributed by atoms with Crippen molar-refractivity contribution in [3.8, 4) is 0 Å². The summed E-state index contributed by atoms with van der Waals surface area (Å²) in [4.78, 5) is 22.4. The summed E-state index contributed by atoms with van der Waals surface area (Å²) in [5.74, 6) is -0.854. The van der Waals surface area contributed by atoms with E-state index in [4.69, 9.17) is 10.8 Å². The standard InChI is InChI=1S/C26H50N2O3/c1-2-3-4-5-6-7-8-9-10-11-12-13-14-15-16-17-18-22-25(29)28-23-20-19-21-24(27)26(30)31/h10-11,24H,2-9,12-23,27H2,1H3,(H,28,29)(H,30,31)/b11-10+/t24-/m0/s1. The van der Waals surface area contributed by atoms with Gasteiger partial charge in [-0.15, -0.1) is 0 Å². The van der Waals surface area contributed by atoms with Gasteiger partial charge in [0.2, 0.25) is 5.91 Å². The SMILES string of the molecule is CCCCCCCCC/C=C/CCCCCCCCC(=O)NCCCC[C@H](N)C(=O)O. The summed E-state index contributed by atoms with van der Waals surface area (Å²) in [6, 6.07) is -0.790. The molecule has 1 amide bonds. The number of nitrogens with one attached hydrogen (secondary N) is 1. The van der Waals surface area contributed by atoms with E-state index >= 15 is 0 Å². The van der Waals surface area contributed by atoms with E-state index in [-0.39, 0.29) is 5.91 Å². The Morgan fingerprint density at radius 3 is 1.84 bits per heavy atom. The zero-order chi connectivity index (χ0) is 23.0. The number of carbonyl (C=O) groups excluding carboxylic acids is 1. The second-order valence-electron chi connectivity index (χ2n) is 8.83. The van der Waals surface area contributed by atoms with Gasteiger partial charge in [-0.2, -0.15) is 0 Å². The van der Waals surface area contributed by atoms with Crippen LogP contribution >= 0.6 is 0 Å². The van der Waals surface area contributed by atoms with Gasteiger partial charge in [0.05, 0.1) is 0 Å². The molecule has 0 saturated heterocycles. The smallest absolute Gasteiger partial charge is 0.320 e. The Labute approximate surface area is 191 Å². The van der Waals surface area contributed by atoms with Crippen molar-refractivity contribution >= 4 is 11.9 Å². The largest absolute Gasteiger partial charge is 0.480 e. The average molecular weight is 439 g/mol. The molecule has 0 spiro atoms. The molecule has 0 aromatic heterocycles. The van der Waals surface area contributed by atoms with Crippen molar-refractivity contribution in [1.29, 1.82) is 0 Å². The van der Waals surface area contributed by atoms with Crippen LogP contribution in [-0.2, 0) is 9.59 Å². The van der Waals surface area contributed by atoms with Gasteiger partial charge in [0, 0.05) is 13.0 Å². The summed E-state index contributed by atoms with van der Waals surface area (Å²) >= 11 is 0. The fraction of sp³-hybridized carbons (Fsp3) is 0.846. The Balaban J connectivity index is 3.26. The maximum Gasteiger partial charge on any atom is 0.320 e. The zero-order valence-corrected chi connectivity index (χ0v) is 20.2. The normalized spacial score (nSPS) is 12.3. The molecule has 0 aromatic carbocycles. The van der Waals surface area contributed by atoms with Crippen LogP contribution in [0.25, 0.3) is 0 Å². The molecule has 5 heteroatoms. The third-order valence-corrected chi connectivity index (χ3v) is 5.75. The number of nitrogens with two attached hydrogens (primary N) is 1. The van der Waals surface area contributed by atoms with E-state index in [0.29, 0.717) is 19.4 Å². The van der Waals surface area contributed by atoms with Gasteiger partial charge in [-0.1, -0.05) is 83.3 Å². The van der Waals surface area contributed by atoms with Crippen LogP contribution in [0, 0.1) is 0 Å². The molecule has 4 N–H and O–H groups in total. The van der Waals surface area contributed by atoms with E-state index in [1.165, 1.54) is 83.5 Å². The summed E-state index contributed by atoms with van der Waals surface area (Å²) in [7, 11) is 0. The van der Waals surface area contributed by atoms with Crippen molar-refractivity contribution in [3.05, 3.63) is 12.2 Å². The fourth-order valence-electron chi connectivity index (χ4n) is 3.64. The highest BCUT2D eigenvalue weighted by molar-refractivity contribution is 5.75. The minimum Gasteiger partial charge on any atom is -0.480 e.